The molecule has 0 spiro atoms. The molecule has 1 aromatic rings. The number of ether oxygens (including phenoxy) is 6. The first-order chi connectivity index (χ1) is 26.3. The fraction of sp³-hybridized carbons (Fsp3) is 0.657. The maximum Gasteiger partial charge on any atom is 0.294 e. The summed E-state index contributed by atoms with van der Waals surface area (Å²) in [6.07, 6.45) is 1.10. The molecule has 0 saturated carbocycles. The summed E-state index contributed by atoms with van der Waals surface area (Å²) in [6.45, 7) is 11.2. The van der Waals surface area contributed by atoms with E-state index in [9.17, 15) is 19.7 Å². The number of benzene rings is 1. The third-order valence-electron chi connectivity index (χ3n) is 6.76. The molecule has 0 aliphatic carbocycles. The standard InChI is InChI=1S/C35H52BN4O11S4/c1-7-10-25(2)47-21-29-28(51-33(53-52-6)24-49-40(43)44)20-30(50-29)36-13-9-15-38-31(41)22-45-17-18-46-32(54-55-35(3,4)5)23-48-27-12-8-11-26(19-27)34(42)39-16-14-37/h8,11-12,19,25,28-30,32-33H,14-18,20-24,37H2,1-6H3,(H,38,41)(H,39,42)/t25?,28-,29?,30-,32?,33-/m1/s1. The van der Waals surface area contributed by atoms with Gasteiger partial charge in [0.2, 0.25) is 5.91 Å². The molecule has 1 heterocycles. The minimum absolute atomic E-state index is 0.0159. The van der Waals surface area contributed by atoms with Crippen molar-refractivity contribution in [1.29, 1.82) is 0 Å². The average molecular weight is 844 g/mol. The van der Waals surface area contributed by atoms with Gasteiger partial charge in [-0.25, -0.2) is 0 Å². The lowest BCUT2D eigenvalue weighted by molar-refractivity contribution is -0.758. The Morgan fingerprint density at radius 3 is 2.67 bits per heavy atom. The molecule has 20 heteroatoms. The summed E-state index contributed by atoms with van der Waals surface area (Å²) < 4.78 is 35.6. The lowest BCUT2D eigenvalue weighted by Crippen LogP contribution is -2.34. The Labute approximate surface area is 340 Å². The van der Waals surface area contributed by atoms with Crippen molar-refractivity contribution in [2.75, 3.05) is 65.5 Å². The maximum absolute atomic E-state index is 12.3. The maximum atomic E-state index is 12.3. The average Bonchev–Trinajstić information content (AvgIpc) is 3.53. The van der Waals surface area contributed by atoms with Gasteiger partial charge in [0.25, 0.3) is 18.3 Å². The Morgan fingerprint density at radius 1 is 1.16 bits per heavy atom. The Hall–Kier alpha value is -2.50. The van der Waals surface area contributed by atoms with E-state index in [2.05, 4.69) is 59.8 Å². The van der Waals surface area contributed by atoms with E-state index in [4.69, 9.17) is 34.2 Å². The van der Waals surface area contributed by atoms with E-state index < -0.39 is 22.7 Å². The highest BCUT2D eigenvalue weighted by Gasteiger charge is 2.38. The predicted molar refractivity (Wildman–Crippen MR) is 220 cm³/mol. The minimum atomic E-state index is -0.848. The number of nitrogens with zero attached hydrogens (tertiary/aromatic N) is 1. The molecule has 2 rings (SSSR count). The molecule has 1 saturated heterocycles. The smallest absolute Gasteiger partial charge is 0.294 e. The number of nitrogens with one attached hydrogen (secondary N) is 2. The van der Waals surface area contributed by atoms with Crippen LogP contribution in [0.3, 0.4) is 0 Å². The van der Waals surface area contributed by atoms with Crippen molar-refractivity contribution in [2.45, 2.75) is 81.0 Å². The van der Waals surface area contributed by atoms with Crippen molar-refractivity contribution in [3.8, 4) is 29.3 Å². The molecule has 2 amide bonds. The van der Waals surface area contributed by atoms with Gasteiger partial charge in [-0.05, 0) is 44.7 Å². The molecule has 1 aliphatic heterocycles. The lowest BCUT2D eigenvalue weighted by atomic mass is 9.71. The molecule has 305 valence electrons. The van der Waals surface area contributed by atoms with Gasteiger partial charge in [-0.2, -0.15) is 5.82 Å². The molecule has 1 fully saturated rings. The molecule has 55 heavy (non-hydrogen) atoms. The van der Waals surface area contributed by atoms with E-state index in [0.717, 1.165) is 0 Å². The first-order valence-electron chi connectivity index (χ1n) is 17.5. The van der Waals surface area contributed by atoms with Crippen molar-refractivity contribution in [3.63, 3.8) is 0 Å². The normalized spacial score (nSPS) is 18.1. The molecule has 4 N–H and O–H groups in total. The molecular formula is C35H52BN4O11S4. The first kappa shape index (κ1) is 48.7. The van der Waals surface area contributed by atoms with Gasteiger partial charge >= 0.3 is 0 Å². The first-order valence-corrected chi connectivity index (χ1v) is 22.3. The van der Waals surface area contributed by atoms with E-state index in [1.165, 1.54) is 32.4 Å². The molecule has 1 aromatic carbocycles. The van der Waals surface area contributed by atoms with Gasteiger partial charge in [0.15, 0.2) is 0 Å². The highest BCUT2D eigenvalue weighted by molar-refractivity contribution is 8.77. The molecule has 6 atom stereocenters. The zero-order valence-electron chi connectivity index (χ0n) is 32.1. The van der Waals surface area contributed by atoms with Crippen molar-refractivity contribution in [3.05, 3.63) is 39.9 Å². The zero-order chi connectivity index (χ0) is 40.5. The van der Waals surface area contributed by atoms with E-state index in [1.807, 2.05) is 13.2 Å². The van der Waals surface area contributed by atoms with E-state index >= 15 is 0 Å². The van der Waals surface area contributed by atoms with Crippen molar-refractivity contribution >= 4 is 62.3 Å². The van der Waals surface area contributed by atoms with Crippen LogP contribution in [0.1, 0.15) is 51.4 Å². The Morgan fingerprint density at radius 2 is 1.96 bits per heavy atom. The van der Waals surface area contributed by atoms with E-state index in [0.29, 0.717) is 30.8 Å². The van der Waals surface area contributed by atoms with Crippen LogP contribution < -0.4 is 21.1 Å². The van der Waals surface area contributed by atoms with Gasteiger partial charge in [0.05, 0.1) is 32.5 Å². The van der Waals surface area contributed by atoms with Crippen LogP contribution in [0.25, 0.3) is 0 Å². The largest absolute Gasteiger partial charge is 0.490 e. The summed E-state index contributed by atoms with van der Waals surface area (Å²) >= 11 is 0. The van der Waals surface area contributed by atoms with Crippen LogP contribution in [0.15, 0.2) is 24.3 Å². The Balaban J connectivity index is 1.78. The van der Waals surface area contributed by atoms with Crippen LogP contribution in [0.2, 0.25) is 0 Å². The zero-order valence-corrected chi connectivity index (χ0v) is 35.3. The number of amides is 2. The third-order valence-corrected chi connectivity index (χ3v) is 12.2. The molecule has 1 aliphatic rings. The Kier molecular flexibility index (Phi) is 24.8. The molecule has 0 bridgehead atoms. The van der Waals surface area contributed by atoms with Crippen molar-refractivity contribution in [1.82, 2.24) is 10.6 Å². The molecule has 1 radical (unpaired) electrons. The van der Waals surface area contributed by atoms with Crippen LogP contribution in [-0.4, -0.2) is 130 Å². The molecule has 0 aromatic heterocycles. The predicted octanol–water partition coefficient (Wildman–Crippen LogP) is 3.55. The topological polar surface area (TPSA) is 192 Å². The number of nitrogens with two attached hydrogens (primary N) is 1. The highest BCUT2D eigenvalue weighted by atomic mass is 33.1. The van der Waals surface area contributed by atoms with Gasteiger partial charge in [-0.3, -0.25) is 9.59 Å². The van der Waals surface area contributed by atoms with Crippen LogP contribution in [0.5, 0.6) is 5.75 Å². The van der Waals surface area contributed by atoms with Crippen LogP contribution in [-0.2, 0) is 33.3 Å². The fourth-order valence-corrected chi connectivity index (χ4v) is 8.08. The monoisotopic (exact) mass is 843 g/mol. The molecular weight excluding hydrogens is 791 g/mol. The highest BCUT2D eigenvalue weighted by Crippen LogP contribution is 2.38. The van der Waals surface area contributed by atoms with Gasteiger partial charge in [0, 0.05) is 29.4 Å². The summed E-state index contributed by atoms with van der Waals surface area (Å²) in [5.74, 6) is 11.5. The summed E-state index contributed by atoms with van der Waals surface area (Å²) in [6, 6.07) is 6.51. The van der Waals surface area contributed by atoms with Gasteiger partial charge in [0.1, 0.15) is 48.7 Å². The van der Waals surface area contributed by atoms with Crippen LogP contribution in [0.4, 0.5) is 0 Å². The van der Waals surface area contributed by atoms with Crippen molar-refractivity contribution < 1.29 is 47.9 Å². The summed E-state index contributed by atoms with van der Waals surface area (Å²) in [7, 11) is 7.60. The lowest BCUT2D eigenvalue weighted by Gasteiger charge is -2.24. The SMILES string of the molecule is CC#CC(C)OCC1O[C@@H]([B]C#CCNC(=O)COCCOC(COc2cccc(C(=O)NCCN)c2)SSC(C)(C)C)C[C@H]1O[C@@H](CO[N+](=O)[O-])SSC. The number of hydrogen-bond acceptors (Lipinski definition) is 16. The fourth-order valence-electron chi connectivity index (χ4n) is 4.42. The van der Waals surface area contributed by atoms with Gasteiger partial charge < -0.3 is 49.6 Å². The molecule has 15 nitrogen and oxygen atoms in total. The van der Waals surface area contributed by atoms with Gasteiger partial charge in [-0.15, -0.1) is 16.0 Å². The third kappa shape index (κ3) is 22.7. The Bertz CT molecular complexity index is 1440. The second-order valence-electron chi connectivity index (χ2n) is 12.5. The number of rotatable bonds is 26. The minimum Gasteiger partial charge on any atom is -0.490 e. The second-order valence-corrected chi connectivity index (χ2v) is 18.3. The van der Waals surface area contributed by atoms with Crippen LogP contribution in [0, 0.1) is 33.7 Å². The van der Waals surface area contributed by atoms with Crippen LogP contribution >= 0.6 is 43.2 Å². The summed E-state index contributed by atoms with van der Waals surface area (Å²) in [5.41, 5.74) is 5.01. The van der Waals surface area contributed by atoms with E-state index in [1.54, 1.807) is 49.3 Å². The van der Waals surface area contributed by atoms with E-state index in [-0.39, 0.29) is 80.3 Å². The second kappa shape index (κ2) is 28.0. The van der Waals surface area contributed by atoms with Gasteiger partial charge in [-0.1, -0.05) is 81.9 Å². The quantitative estimate of drug-likeness (QED) is 0.0233. The van der Waals surface area contributed by atoms with Crippen molar-refractivity contribution in [2.24, 2.45) is 5.73 Å². The number of hydrogen-bond donors (Lipinski definition) is 3. The number of carbonyl (C=O) groups is 2. The summed E-state index contributed by atoms with van der Waals surface area (Å²) in [5, 5.41) is 15.3. The molecule has 3 unspecified atom stereocenters. The number of carbonyl (C=O) groups excluding carboxylic acids is 2. The summed E-state index contributed by atoms with van der Waals surface area (Å²) in [4.78, 5) is 39.9.